The summed E-state index contributed by atoms with van der Waals surface area (Å²) in [4.78, 5) is 0. The van der Waals surface area contributed by atoms with E-state index in [1.807, 2.05) is 0 Å². The highest BCUT2D eigenvalue weighted by Gasteiger charge is 2.45. The lowest BCUT2D eigenvalue weighted by atomic mass is 9.65. The smallest absolute Gasteiger partial charge is 0.122 e. The first-order chi connectivity index (χ1) is 7.90. The molecule has 0 bridgehead atoms. The Hall–Kier alpha value is -1.02. The van der Waals surface area contributed by atoms with E-state index < -0.39 is 0 Å². The Bertz CT molecular complexity index is 377. The van der Waals surface area contributed by atoms with Crippen LogP contribution in [0, 0.1) is 5.92 Å². The van der Waals surface area contributed by atoms with Gasteiger partial charge < -0.3 is 10.1 Å². The number of ether oxygens (including phenoxy) is 1. The molecule has 0 saturated heterocycles. The molecule has 2 nitrogen and oxygen atoms in total. The van der Waals surface area contributed by atoms with E-state index in [0.717, 1.165) is 24.8 Å². The van der Waals surface area contributed by atoms with E-state index in [0.29, 0.717) is 12.0 Å². The maximum atomic E-state index is 5.83. The normalized spacial score (nSPS) is 30.9. The summed E-state index contributed by atoms with van der Waals surface area (Å²) in [5, 5.41) is 3.62. The van der Waals surface area contributed by atoms with Crippen LogP contribution < -0.4 is 10.1 Å². The SMILES string of the molecule is CCCNC1CC2c3ccccc3OCC12. The van der Waals surface area contributed by atoms with Gasteiger partial charge in [0.1, 0.15) is 5.75 Å². The summed E-state index contributed by atoms with van der Waals surface area (Å²) in [6, 6.07) is 9.18. The number of rotatable bonds is 3. The highest BCUT2D eigenvalue weighted by molar-refractivity contribution is 5.40. The van der Waals surface area contributed by atoms with E-state index in [2.05, 4.69) is 36.5 Å². The first kappa shape index (κ1) is 10.2. The molecule has 0 spiro atoms. The first-order valence-electron chi connectivity index (χ1n) is 6.35. The molecule has 0 radical (unpaired) electrons. The zero-order chi connectivity index (χ0) is 11.0. The van der Waals surface area contributed by atoms with E-state index in [-0.39, 0.29) is 0 Å². The third-order valence-electron chi connectivity index (χ3n) is 3.95. The Morgan fingerprint density at radius 3 is 3.12 bits per heavy atom. The third-order valence-corrected chi connectivity index (χ3v) is 3.95. The molecule has 1 aromatic carbocycles. The van der Waals surface area contributed by atoms with Crippen molar-refractivity contribution >= 4 is 0 Å². The molecular formula is C14H19NO. The number of para-hydroxylation sites is 1. The summed E-state index contributed by atoms with van der Waals surface area (Å²) < 4.78 is 5.83. The van der Waals surface area contributed by atoms with Crippen LogP contribution in [0.3, 0.4) is 0 Å². The molecule has 16 heavy (non-hydrogen) atoms. The molecule has 1 saturated carbocycles. The van der Waals surface area contributed by atoms with E-state index in [1.54, 1.807) is 0 Å². The molecule has 0 aromatic heterocycles. The van der Waals surface area contributed by atoms with Gasteiger partial charge in [-0.1, -0.05) is 25.1 Å². The number of nitrogens with one attached hydrogen (secondary N) is 1. The van der Waals surface area contributed by atoms with Crippen molar-refractivity contribution in [2.45, 2.75) is 31.7 Å². The van der Waals surface area contributed by atoms with Crippen molar-refractivity contribution in [3.63, 3.8) is 0 Å². The summed E-state index contributed by atoms with van der Waals surface area (Å²) in [7, 11) is 0. The molecule has 1 aromatic rings. The largest absolute Gasteiger partial charge is 0.493 e. The zero-order valence-corrected chi connectivity index (χ0v) is 9.78. The van der Waals surface area contributed by atoms with E-state index in [4.69, 9.17) is 4.74 Å². The summed E-state index contributed by atoms with van der Waals surface area (Å²) in [5.74, 6) is 2.54. The monoisotopic (exact) mass is 217 g/mol. The maximum Gasteiger partial charge on any atom is 0.122 e. The average molecular weight is 217 g/mol. The Kier molecular flexibility index (Phi) is 2.60. The van der Waals surface area contributed by atoms with Crippen molar-refractivity contribution in [1.82, 2.24) is 5.32 Å². The van der Waals surface area contributed by atoms with Crippen molar-refractivity contribution in [2.75, 3.05) is 13.2 Å². The van der Waals surface area contributed by atoms with Gasteiger partial charge in [0, 0.05) is 12.0 Å². The van der Waals surface area contributed by atoms with Crippen LogP contribution in [0.2, 0.25) is 0 Å². The standard InChI is InChI=1S/C14H19NO/c1-2-7-15-13-8-11-10-5-3-4-6-14(10)16-9-12(11)13/h3-6,11-13,15H,2,7-9H2,1H3. The van der Waals surface area contributed by atoms with Gasteiger partial charge in [-0.05, 0) is 36.9 Å². The van der Waals surface area contributed by atoms with Gasteiger partial charge in [-0.15, -0.1) is 0 Å². The fourth-order valence-electron chi connectivity index (χ4n) is 2.97. The molecule has 3 unspecified atom stereocenters. The topological polar surface area (TPSA) is 21.3 Å². The minimum absolute atomic E-state index is 0.679. The number of hydrogen-bond acceptors (Lipinski definition) is 2. The molecule has 2 heteroatoms. The van der Waals surface area contributed by atoms with Crippen LogP contribution in [-0.2, 0) is 0 Å². The van der Waals surface area contributed by atoms with Crippen LogP contribution >= 0.6 is 0 Å². The molecule has 1 heterocycles. The Morgan fingerprint density at radius 1 is 1.38 bits per heavy atom. The second-order valence-corrected chi connectivity index (χ2v) is 4.92. The van der Waals surface area contributed by atoms with Crippen LogP contribution in [0.4, 0.5) is 0 Å². The Morgan fingerprint density at radius 2 is 2.25 bits per heavy atom. The number of hydrogen-bond donors (Lipinski definition) is 1. The minimum atomic E-state index is 0.679. The predicted molar refractivity (Wildman–Crippen MR) is 64.9 cm³/mol. The van der Waals surface area contributed by atoms with Crippen LogP contribution in [0.1, 0.15) is 31.2 Å². The summed E-state index contributed by atoms with van der Waals surface area (Å²) >= 11 is 0. The van der Waals surface area contributed by atoms with Crippen LogP contribution in [0.15, 0.2) is 24.3 Å². The van der Waals surface area contributed by atoms with Gasteiger partial charge in [0.15, 0.2) is 0 Å². The fourth-order valence-corrected chi connectivity index (χ4v) is 2.97. The molecule has 86 valence electrons. The van der Waals surface area contributed by atoms with Crippen molar-refractivity contribution in [2.24, 2.45) is 5.92 Å². The van der Waals surface area contributed by atoms with Gasteiger partial charge in [-0.2, -0.15) is 0 Å². The second kappa shape index (κ2) is 4.10. The quantitative estimate of drug-likeness (QED) is 0.840. The Labute approximate surface area is 97.0 Å². The van der Waals surface area contributed by atoms with Crippen molar-refractivity contribution in [1.29, 1.82) is 0 Å². The third kappa shape index (κ3) is 1.52. The van der Waals surface area contributed by atoms with Gasteiger partial charge in [0.05, 0.1) is 6.61 Å². The molecule has 3 rings (SSSR count). The van der Waals surface area contributed by atoms with Gasteiger partial charge in [0.25, 0.3) is 0 Å². The molecule has 1 fully saturated rings. The van der Waals surface area contributed by atoms with Gasteiger partial charge in [-0.25, -0.2) is 0 Å². The van der Waals surface area contributed by atoms with Crippen LogP contribution in [0.25, 0.3) is 0 Å². The summed E-state index contributed by atoms with van der Waals surface area (Å²) in [6.07, 6.45) is 2.50. The fraction of sp³-hybridized carbons (Fsp3) is 0.571. The van der Waals surface area contributed by atoms with Gasteiger partial charge in [0.2, 0.25) is 0 Å². The molecule has 1 N–H and O–H groups in total. The lowest BCUT2D eigenvalue weighted by molar-refractivity contribution is 0.0761. The van der Waals surface area contributed by atoms with Crippen LogP contribution in [0.5, 0.6) is 5.75 Å². The van der Waals surface area contributed by atoms with E-state index in [1.165, 1.54) is 18.4 Å². The average Bonchev–Trinajstić information content (AvgIpc) is 2.29. The number of fused-ring (bicyclic) bond motifs is 3. The predicted octanol–water partition coefficient (Wildman–Crippen LogP) is 2.55. The van der Waals surface area contributed by atoms with E-state index >= 15 is 0 Å². The lowest BCUT2D eigenvalue weighted by Gasteiger charge is -2.48. The van der Waals surface area contributed by atoms with Gasteiger partial charge in [-0.3, -0.25) is 0 Å². The summed E-state index contributed by atoms with van der Waals surface area (Å²) in [5.41, 5.74) is 1.42. The maximum absolute atomic E-state index is 5.83. The molecular weight excluding hydrogens is 198 g/mol. The molecule has 2 aliphatic rings. The molecule has 1 aliphatic heterocycles. The molecule has 3 atom stereocenters. The first-order valence-corrected chi connectivity index (χ1v) is 6.35. The highest BCUT2D eigenvalue weighted by Crippen LogP contribution is 2.48. The van der Waals surface area contributed by atoms with Crippen molar-refractivity contribution < 1.29 is 4.74 Å². The lowest BCUT2D eigenvalue weighted by Crippen LogP contribution is -2.53. The molecule has 1 aliphatic carbocycles. The van der Waals surface area contributed by atoms with Crippen LogP contribution in [-0.4, -0.2) is 19.2 Å². The van der Waals surface area contributed by atoms with Crippen molar-refractivity contribution in [3.05, 3.63) is 29.8 Å². The summed E-state index contributed by atoms with van der Waals surface area (Å²) in [6.45, 7) is 4.24. The minimum Gasteiger partial charge on any atom is -0.493 e. The van der Waals surface area contributed by atoms with Gasteiger partial charge >= 0.3 is 0 Å². The second-order valence-electron chi connectivity index (χ2n) is 4.92. The van der Waals surface area contributed by atoms with E-state index in [9.17, 15) is 0 Å². The zero-order valence-electron chi connectivity index (χ0n) is 9.78. The highest BCUT2D eigenvalue weighted by atomic mass is 16.5. The Balaban J connectivity index is 1.72. The number of benzene rings is 1. The van der Waals surface area contributed by atoms with Crippen molar-refractivity contribution in [3.8, 4) is 5.75 Å². The molecule has 0 amide bonds.